The molecular weight excluding hydrogens is 422 g/mol. The van der Waals surface area contributed by atoms with Gasteiger partial charge in [0, 0.05) is 24.4 Å². The van der Waals surface area contributed by atoms with Crippen LogP contribution in [0.25, 0.3) is 0 Å². The highest BCUT2D eigenvalue weighted by atomic mass is 35.5. The van der Waals surface area contributed by atoms with Crippen LogP contribution in [0.15, 0.2) is 22.9 Å². The van der Waals surface area contributed by atoms with Gasteiger partial charge in [0.2, 0.25) is 5.76 Å². The molecule has 1 N–H and O–H groups in total. The molecule has 1 aliphatic rings. The molecule has 1 amide bonds. The monoisotopic (exact) mass is 434 g/mol. The van der Waals surface area contributed by atoms with E-state index in [9.17, 15) is 31.1 Å². The zero-order chi connectivity index (χ0) is 20.4. The lowest BCUT2D eigenvalue weighted by Gasteiger charge is -2.25. The van der Waals surface area contributed by atoms with E-state index in [2.05, 4.69) is 15.0 Å². The summed E-state index contributed by atoms with van der Waals surface area (Å²) in [6.45, 7) is 1.26. The Kier molecular flexibility index (Phi) is 6.56. The van der Waals surface area contributed by atoms with Gasteiger partial charge in [0.05, 0.1) is 16.3 Å². The van der Waals surface area contributed by atoms with Crippen molar-refractivity contribution >= 4 is 29.3 Å². The molecule has 2 rings (SSSR count). The van der Waals surface area contributed by atoms with E-state index in [1.807, 2.05) is 0 Å². The third-order valence-corrected chi connectivity index (χ3v) is 4.82. The number of carbonyl (C=O) groups is 1. The number of ether oxygens (including phenoxy) is 1. The van der Waals surface area contributed by atoms with Crippen molar-refractivity contribution in [2.45, 2.75) is 30.9 Å². The maximum atomic E-state index is 13.0. The molecule has 1 aliphatic heterocycles. The maximum absolute atomic E-state index is 13.0. The third kappa shape index (κ3) is 5.68. The van der Waals surface area contributed by atoms with Crippen LogP contribution in [0.1, 0.15) is 18.2 Å². The molecule has 4 nitrogen and oxygen atoms in total. The largest absolute Gasteiger partial charge is 0.487 e. The Morgan fingerprint density at radius 2 is 2.00 bits per heavy atom. The molecule has 150 valence electrons. The number of alkyl halides is 6. The van der Waals surface area contributed by atoms with Gasteiger partial charge in [-0.1, -0.05) is 11.6 Å². The van der Waals surface area contributed by atoms with Crippen molar-refractivity contribution in [2.24, 2.45) is 0 Å². The first-order valence-electron chi connectivity index (χ1n) is 7.50. The highest BCUT2D eigenvalue weighted by Crippen LogP contribution is 2.39. The van der Waals surface area contributed by atoms with Crippen LogP contribution in [0.4, 0.5) is 26.3 Å². The van der Waals surface area contributed by atoms with Crippen molar-refractivity contribution in [3.8, 4) is 0 Å². The summed E-state index contributed by atoms with van der Waals surface area (Å²) in [6.07, 6.45) is -8.87. The van der Waals surface area contributed by atoms with Crippen LogP contribution in [0.5, 0.6) is 0 Å². The first-order chi connectivity index (χ1) is 12.4. The Labute approximate surface area is 159 Å². The minimum atomic E-state index is -4.81. The fourth-order valence-electron chi connectivity index (χ4n) is 2.10. The number of halogens is 7. The summed E-state index contributed by atoms with van der Waals surface area (Å²) in [5.74, 6) is -2.34. The molecule has 1 aromatic heterocycles. The van der Waals surface area contributed by atoms with Crippen LogP contribution in [0.2, 0.25) is 5.02 Å². The van der Waals surface area contributed by atoms with Gasteiger partial charge in [-0.25, -0.2) is 0 Å². The van der Waals surface area contributed by atoms with E-state index in [1.165, 1.54) is 0 Å². The van der Waals surface area contributed by atoms with Crippen LogP contribution in [0, 0.1) is 0 Å². The molecule has 27 heavy (non-hydrogen) atoms. The van der Waals surface area contributed by atoms with E-state index in [0.717, 1.165) is 11.8 Å². The number of pyridine rings is 1. The number of rotatable bonds is 4. The first kappa shape index (κ1) is 21.7. The zero-order valence-corrected chi connectivity index (χ0v) is 15.2. The number of hydrogen-bond donors (Lipinski definition) is 1. The molecular formula is C15H13ClF6N2O2S. The van der Waals surface area contributed by atoms with Crippen molar-refractivity contribution in [1.29, 1.82) is 0 Å². The quantitative estimate of drug-likeness (QED) is 0.716. The highest BCUT2D eigenvalue weighted by molar-refractivity contribution is 8.04. The van der Waals surface area contributed by atoms with Crippen LogP contribution in [0.3, 0.4) is 0 Å². The number of carbonyl (C=O) groups excluding carboxylic acids is 1. The van der Waals surface area contributed by atoms with Crippen molar-refractivity contribution in [1.82, 2.24) is 10.3 Å². The van der Waals surface area contributed by atoms with E-state index < -0.39 is 34.5 Å². The number of allylic oxidation sites excluding steroid dienone is 1. The Balaban J connectivity index is 2.04. The van der Waals surface area contributed by atoms with Crippen LogP contribution < -0.4 is 5.32 Å². The number of thioether (sulfide) groups is 1. The van der Waals surface area contributed by atoms with E-state index in [1.54, 1.807) is 6.92 Å². The number of hydrogen-bond acceptors (Lipinski definition) is 4. The average Bonchev–Trinajstić information content (AvgIpc) is 2.54. The van der Waals surface area contributed by atoms with Crippen molar-refractivity contribution in [3.63, 3.8) is 0 Å². The molecule has 0 aromatic carbocycles. The summed E-state index contributed by atoms with van der Waals surface area (Å²) < 4.78 is 81.2. The van der Waals surface area contributed by atoms with Gasteiger partial charge in [-0.15, -0.1) is 11.8 Å². The molecule has 0 saturated heterocycles. The van der Waals surface area contributed by atoms with E-state index in [0.29, 0.717) is 12.3 Å². The Bertz CT molecular complexity index is 751. The molecule has 1 atom stereocenters. The lowest BCUT2D eigenvalue weighted by Crippen LogP contribution is -2.33. The second-order valence-electron chi connectivity index (χ2n) is 5.55. The van der Waals surface area contributed by atoms with Gasteiger partial charge in [-0.2, -0.15) is 26.3 Å². The molecule has 1 unspecified atom stereocenters. The highest BCUT2D eigenvalue weighted by Gasteiger charge is 2.43. The fraction of sp³-hybridized carbons (Fsp3) is 0.467. The summed E-state index contributed by atoms with van der Waals surface area (Å²) in [6, 6.07) is 0.697. The van der Waals surface area contributed by atoms with Crippen molar-refractivity contribution in [2.75, 3.05) is 13.2 Å². The molecule has 2 heterocycles. The van der Waals surface area contributed by atoms with Gasteiger partial charge in [0.1, 0.15) is 11.5 Å². The Morgan fingerprint density at radius 1 is 1.33 bits per heavy atom. The maximum Gasteiger partial charge on any atom is 0.450 e. The summed E-state index contributed by atoms with van der Waals surface area (Å²) in [5, 5.41) is 1.68. The topological polar surface area (TPSA) is 51.2 Å². The van der Waals surface area contributed by atoms with E-state index >= 15 is 0 Å². The lowest BCUT2D eigenvalue weighted by molar-refractivity contribution is -0.137. The minimum absolute atomic E-state index is 0.0571. The second-order valence-corrected chi connectivity index (χ2v) is 7.41. The summed E-state index contributed by atoms with van der Waals surface area (Å²) in [4.78, 5) is 15.1. The van der Waals surface area contributed by atoms with E-state index in [-0.39, 0.29) is 35.5 Å². The smallest absolute Gasteiger partial charge is 0.450 e. The number of nitrogens with zero attached hydrogens (tertiary/aromatic N) is 1. The van der Waals surface area contributed by atoms with Gasteiger partial charge >= 0.3 is 12.4 Å². The first-order valence-corrected chi connectivity index (χ1v) is 8.76. The summed E-state index contributed by atoms with van der Waals surface area (Å²) in [5.41, 5.74) is -0.944. The molecule has 0 fully saturated rings. The number of aromatic nitrogens is 1. The van der Waals surface area contributed by atoms with Gasteiger partial charge < -0.3 is 10.1 Å². The minimum Gasteiger partial charge on any atom is -0.487 e. The van der Waals surface area contributed by atoms with Gasteiger partial charge in [0.25, 0.3) is 5.91 Å². The van der Waals surface area contributed by atoms with Crippen LogP contribution in [-0.4, -0.2) is 35.5 Å². The molecule has 0 spiro atoms. The van der Waals surface area contributed by atoms with E-state index in [4.69, 9.17) is 11.6 Å². The number of amides is 1. The van der Waals surface area contributed by atoms with Gasteiger partial charge in [0.15, 0.2) is 0 Å². The Hall–Kier alpha value is -1.62. The molecule has 0 radical (unpaired) electrons. The molecule has 12 heteroatoms. The zero-order valence-electron chi connectivity index (χ0n) is 13.7. The van der Waals surface area contributed by atoms with Crippen molar-refractivity contribution in [3.05, 3.63) is 39.2 Å². The number of nitrogens with one attached hydrogen (secondary N) is 1. The second kappa shape index (κ2) is 8.17. The molecule has 0 aliphatic carbocycles. The SMILES string of the molecule is CC1COC(C(F)(F)F)=C(C(=O)NCCc2ncc(C(F)(F)F)cc2Cl)S1. The molecule has 0 saturated carbocycles. The summed E-state index contributed by atoms with van der Waals surface area (Å²) >= 11 is 6.48. The molecule has 1 aromatic rings. The lowest BCUT2D eigenvalue weighted by atomic mass is 10.2. The third-order valence-electron chi connectivity index (χ3n) is 3.34. The average molecular weight is 435 g/mol. The summed E-state index contributed by atoms with van der Waals surface area (Å²) in [7, 11) is 0. The molecule has 0 bridgehead atoms. The van der Waals surface area contributed by atoms with Crippen LogP contribution in [-0.2, 0) is 22.1 Å². The predicted octanol–water partition coefficient (Wildman–Crippen LogP) is 4.34. The standard InChI is InChI=1S/C15H13ClF6N2O2S/c1-7-6-26-12(15(20,21)22)11(27-7)13(25)23-3-2-10-9(16)4-8(5-24-10)14(17,18)19/h4-5,7H,2-3,6H2,1H3,(H,23,25). The van der Waals surface area contributed by atoms with Crippen molar-refractivity contribution < 1.29 is 35.9 Å². The normalized spacial score (nSPS) is 18.3. The predicted molar refractivity (Wildman–Crippen MR) is 87.0 cm³/mol. The van der Waals surface area contributed by atoms with Crippen LogP contribution >= 0.6 is 23.4 Å². The fourth-order valence-corrected chi connectivity index (χ4v) is 3.36. The van der Waals surface area contributed by atoms with Gasteiger partial charge in [-0.05, 0) is 13.0 Å². The van der Waals surface area contributed by atoms with Gasteiger partial charge in [-0.3, -0.25) is 9.78 Å². The Morgan fingerprint density at radius 3 is 2.56 bits per heavy atom.